The lowest BCUT2D eigenvalue weighted by atomic mass is 9.81. The number of nitrogens with one attached hydrogen (secondary N) is 1. The number of amides is 1. The highest BCUT2D eigenvalue weighted by Gasteiger charge is 2.20. The van der Waals surface area contributed by atoms with Crippen molar-refractivity contribution in [3.8, 4) is 0 Å². The highest BCUT2D eigenvalue weighted by molar-refractivity contribution is 6.29. The van der Waals surface area contributed by atoms with Gasteiger partial charge in [-0.2, -0.15) is 0 Å². The molecule has 0 saturated heterocycles. The molecular weight excluding hydrogens is 260 g/mol. The maximum atomic E-state index is 11.9. The van der Waals surface area contributed by atoms with Crippen LogP contribution in [0.15, 0.2) is 18.3 Å². The number of rotatable bonds is 4. The molecule has 0 bridgehead atoms. The molecule has 0 unspecified atom stereocenters. The molecule has 1 aliphatic carbocycles. The van der Waals surface area contributed by atoms with Crippen LogP contribution < -0.4 is 5.32 Å². The molecule has 0 aliphatic heterocycles. The maximum absolute atomic E-state index is 11.9. The molecule has 1 aromatic rings. The Morgan fingerprint density at radius 1 is 1.32 bits per heavy atom. The molecule has 1 N–H and O–H groups in total. The second-order valence-corrected chi connectivity index (χ2v) is 5.76. The molecule has 1 saturated carbocycles. The van der Waals surface area contributed by atoms with Crippen molar-refractivity contribution in [2.75, 3.05) is 6.54 Å². The first-order valence-electron chi connectivity index (χ1n) is 7.08. The molecule has 4 heteroatoms. The molecule has 1 amide bonds. The Kier molecular flexibility index (Phi) is 5.20. The molecule has 1 fully saturated rings. The van der Waals surface area contributed by atoms with Crippen molar-refractivity contribution in [1.82, 2.24) is 10.3 Å². The first-order valence-corrected chi connectivity index (χ1v) is 7.46. The van der Waals surface area contributed by atoms with Gasteiger partial charge < -0.3 is 5.32 Å². The summed E-state index contributed by atoms with van der Waals surface area (Å²) in [5.74, 6) is 1.47. The molecular formula is C15H21ClN2O. The number of hydrogen-bond donors (Lipinski definition) is 1. The van der Waals surface area contributed by atoms with Gasteiger partial charge in [-0.15, -0.1) is 0 Å². The van der Waals surface area contributed by atoms with Crippen molar-refractivity contribution < 1.29 is 4.79 Å². The molecule has 0 spiro atoms. The molecule has 1 aliphatic rings. The molecule has 2 rings (SSSR count). The van der Waals surface area contributed by atoms with Gasteiger partial charge in [-0.1, -0.05) is 37.8 Å². The first kappa shape index (κ1) is 14.3. The van der Waals surface area contributed by atoms with Crippen molar-refractivity contribution in [2.45, 2.75) is 39.0 Å². The lowest BCUT2D eigenvalue weighted by Crippen LogP contribution is -2.31. The molecule has 0 atom stereocenters. The zero-order chi connectivity index (χ0) is 13.7. The van der Waals surface area contributed by atoms with Crippen molar-refractivity contribution in [1.29, 1.82) is 0 Å². The smallest absolute Gasteiger partial charge is 0.252 e. The Hall–Kier alpha value is -1.09. The van der Waals surface area contributed by atoms with E-state index < -0.39 is 0 Å². The third-order valence-corrected chi connectivity index (χ3v) is 4.31. The standard InChI is InChI=1S/C15H21ClN2O/c1-2-11-3-5-12(6-4-11)9-18-15(19)13-7-8-14(16)17-10-13/h7-8,10-12H,2-6,9H2,1H3,(H,18,19). The fourth-order valence-corrected chi connectivity index (χ4v) is 2.80. The minimum absolute atomic E-state index is 0.0539. The second kappa shape index (κ2) is 6.90. The molecule has 1 heterocycles. The van der Waals surface area contributed by atoms with Gasteiger partial charge in [0, 0.05) is 12.7 Å². The first-order chi connectivity index (χ1) is 9.19. The Morgan fingerprint density at radius 2 is 2.00 bits per heavy atom. The largest absolute Gasteiger partial charge is 0.352 e. The zero-order valence-electron chi connectivity index (χ0n) is 11.4. The van der Waals surface area contributed by atoms with Crippen LogP contribution >= 0.6 is 11.6 Å². The Labute approximate surface area is 119 Å². The summed E-state index contributed by atoms with van der Waals surface area (Å²) >= 11 is 5.70. The number of carbonyl (C=O) groups is 1. The number of hydrogen-bond acceptors (Lipinski definition) is 2. The number of carbonyl (C=O) groups excluding carboxylic acids is 1. The van der Waals surface area contributed by atoms with Crippen LogP contribution in [0.25, 0.3) is 0 Å². The van der Waals surface area contributed by atoms with E-state index in [9.17, 15) is 4.79 Å². The summed E-state index contributed by atoms with van der Waals surface area (Å²) in [4.78, 5) is 15.8. The van der Waals surface area contributed by atoms with Crippen LogP contribution in [0.3, 0.4) is 0 Å². The van der Waals surface area contributed by atoms with Crippen LogP contribution in [0.5, 0.6) is 0 Å². The summed E-state index contributed by atoms with van der Waals surface area (Å²) in [6.07, 6.45) is 7.88. The van der Waals surface area contributed by atoms with Crippen LogP contribution in [0, 0.1) is 11.8 Å². The minimum Gasteiger partial charge on any atom is -0.352 e. The maximum Gasteiger partial charge on any atom is 0.252 e. The van der Waals surface area contributed by atoms with Gasteiger partial charge in [0.1, 0.15) is 5.15 Å². The van der Waals surface area contributed by atoms with Crippen LogP contribution in [-0.2, 0) is 0 Å². The second-order valence-electron chi connectivity index (χ2n) is 5.37. The molecule has 104 valence electrons. The van der Waals surface area contributed by atoms with Gasteiger partial charge in [-0.3, -0.25) is 4.79 Å². The zero-order valence-corrected chi connectivity index (χ0v) is 12.1. The third kappa shape index (κ3) is 4.20. The van der Waals surface area contributed by atoms with E-state index in [0.29, 0.717) is 16.6 Å². The lowest BCUT2D eigenvalue weighted by Gasteiger charge is -2.27. The third-order valence-electron chi connectivity index (χ3n) is 4.08. The fourth-order valence-electron chi connectivity index (χ4n) is 2.69. The normalized spacial score (nSPS) is 23.1. The highest BCUT2D eigenvalue weighted by atomic mass is 35.5. The fraction of sp³-hybridized carbons (Fsp3) is 0.600. The van der Waals surface area contributed by atoms with E-state index in [1.165, 1.54) is 38.3 Å². The number of nitrogens with zero attached hydrogens (tertiary/aromatic N) is 1. The summed E-state index contributed by atoms with van der Waals surface area (Å²) in [6.45, 7) is 3.04. The van der Waals surface area contributed by atoms with Crippen LogP contribution in [-0.4, -0.2) is 17.4 Å². The Balaban J connectivity index is 1.76. The SMILES string of the molecule is CCC1CCC(CNC(=O)c2ccc(Cl)nc2)CC1. The minimum atomic E-state index is -0.0539. The van der Waals surface area contributed by atoms with E-state index in [0.717, 1.165) is 12.5 Å². The Bertz CT molecular complexity index is 411. The Morgan fingerprint density at radius 3 is 2.58 bits per heavy atom. The molecule has 19 heavy (non-hydrogen) atoms. The van der Waals surface area contributed by atoms with Crippen molar-refractivity contribution in [2.24, 2.45) is 11.8 Å². The van der Waals surface area contributed by atoms with Gasteiger partial charge in [0.15, 0.2) is 0 Å². The molecule has 0 aromatic carbocycles. The van der Waals surface area contributed by atoms with Crippen LogP contribution in [0.2, 0.25) is 5.15 Å². The summed E-state index contributed by atoms with van der Waals surface area (Å²) in [5, 5.41) is 3.41. The van der Waals surface area contributed by atoms with Crippen molar-refractivity contribution in [3.63, 3.8) is 0 Å². The van der Waals surface area contributed by atoms with Gasteiger partial charge in [0.2, 0.25) is 0 Å². The van der Waals surface area contributed by atoms with Gasteiger partial charge in [-0.25, -0.2) is 4.98 Å². The highest BCUT2D eigenvalue weighted by Crippen LogP contribution is 2.30. The monoisotopic (exact) mass is 280 g/mol. The summed E-state index contributed by atoms with van der Waals surface area (Å²) in [5.41, 5.74) is 0.576. The van der Waals surface area contributed by atoms with E-state index in [2.05, 4.69) is 17.2 Å². The van der Waals surface area contributed by atoms with Crippen LogP contribution in [0.4, 0.5) is 0 Å². The van der Waals surface area contributed by atoms with E-state index in [4.69, 9.17) is 11.6 Å². The summed E-state index contributed by atoms with van der Waals surface area (Å²) < 4.78 is 0. The molecule has 0 radical (unpaired) electrons. The summed E-state index contributed by atoms with van der Waals surface area (Å²) in [7, 11) is 0. The quantitative estimate of drug-likeness (QED) is 0.855. The van der Waals surface area contributed by atoms with E-state index >= 15 is 0 Å². The van der Waals surface area contributed by atoms with E-state index in [1.54, 1.807) is 12.1 Å². The van der Waals surface area contributed by atoms with E-state index in [1.807, 2.05) is 0 Å². The van der Waals surface area contributed by atoms with E-state index in [-0.39, 0.29) is 5.91 Å². The van der Waals surface area contributed by atoms with Gasteiger partial charge in [0.25, 0.3) is 5.91 Å². The predicted octanol–water partition coefficient (Wildman–Crippen LogP) is 3.68. The summed E-state index contributed by atoms with van der Waals surface area (Å²) in [6, 6.07) is 3.35. The lowest BCUT2D eigenvalue weighted by molar-refractivity contribution is 0.0941. The molecule has 1 aromatic heterocycles. The number of pyridine rings is 1. The van der Waals surface area contributed by atoms with Gasteiger partial charge in [-0.05, 0) is 36.8 Å². The van der Waals surface area contributed by atoms with Crippen molar-refractivity contribution in [3.05, 3.63) is 29.0 Å². The van der Waals surface area contributed by atoms with Gasteiger partial charge >= 0.3 is 0 Å². The average molecular weight is 281 g/mol. The topological polar surface area (TPSA) is 42.0 Å². The average Bonchev–Trinajstić information content (AvgIpc) is 2.46. The van der Waals surface area contributed by atoms with Gasteiger partial charge in [0.05, 0.1) is 5.56 Å². The predicted molar refractivity (Wildman–Crippen MR) is 77.3 cm³/mol. The number of aromatic nitrogens is 1. The van der Waals surface area contributed by atoms with Crippen LogP contribution in [0.1, 0.15) is 49.4 Å². The number of halogens is 1. The van der Waals surface area contributed by atoms with Crippen molar-refractivity contribution >= 4 is 17.5 Å². The molecule has 3 nitrogen and oxygen atoms in total.